The zero-order valence-electron chi connectivity index (χ0n) is 15.1. The van der Waals surface area contributed by atoms with Gasteiger partial charge in [-0.2, -0.15) is 5.26 Å². The Bertz CT molecular complexity index is 910. The molecule has 0 saturated heterocycles. The fourth-order valence-electron chi connectivity index (χ4n) is 2.70. The summed E-state index contributed by atoms with van der Waals surface area (Å²) in [5.41, 5.74) is 4.65. The monoisotopic (exact) mass is 362 g/mol. The lowest BCUT2D eigenvalue weighted by Crippen LogP contribution is -2.01. The van der Waals surface area contributed by atoms with Crippen molar-refractivity contribution in [3.05, 3.63) is 59.7 Å². The van der Waals surface area contributed by atoms with E-state index >= 15 is 0 Å². The van der Waals surface area contributed by atoms with E-state index in [2.05, 4.69) is 65.0 Å². The molecule has 26 heavy (non-hydrogen) atoms. The lowest BCUT2D eigenvalue weighted by Gasteiger charge is -2.12. The summed E-state index contributed by atoms with van der Waals surface area (Å²) in [7, 11) is 0. The number of rotatable bonds is 7. The van der Waals surface area contributed by atoms with Gasteiger partial charge < -0.3 is 0 Å². The van der Waals surface area contributed by atoms with Crippen LogP contribution in [-0.2, 0) is 0 Å². The number of unbranched alkanes of at least 4 members (excludes halogenated alkanes) is 2. The van der Waals surface area contributed by atoms with E-state index in [-0.39, 0.29) is 0 Å². The van der Waals surface area contributed by atoms with Crippen molar-refractivity contribution in [3.8, 4) is 23.1 Å². The van der Waals surface area contributed by atoms with E-state index in [0.717, 1.165) is 40.8 Å². The van der Waals surface area contributed by atoms with Crippen molar-refractivity contribution in [2.24, 2.45) is 0 Å². The third-order valence-corrected chi connectivity index (χ3v) is 5.34. The molecule has 132 valence electrons. The van der Waals surface area contributed by atoms with Crippen LogP contribution in [-0.4, -0.2) is 20.5 Å². The second-order valence-electron chi connectivity index (χ2n) is 6.24. The van der Waals surface area contributed by atoms with E-state index in [0.29, 0.717) is 6.42 Å². The second-order valence-corrected chi connectivity index (χ2v) is 7.30. The highest BCUT2D eigenvalue weighted by molar-refractivity contribution is 7.99. The molecule has 4 nitrogen and oxygen atoms in total. The second kappa shape index (κ2) is 8.68. The van der Waals surface area contributed by atoms with E-state index in [9.17, 15) is 0 Å². The predicted molar refractivity (Wildman–Crippen MR) is 106 cm³/mol. The van der Waals surface area contributed by atoms with Crippen LogP contribution in [0, 0.1) is 25.2 Å². The first kappa shape index (κ1) is 18.2. The normalized spacial score (nSPS) is 10.7. The van der Waals surface area contributed by atoms with Crippen molar-refractivity contribution in [2.45, 2.75) is 38.3 Å². The van der Waals surface area contributed by atoms with E-state index in [1.54, 1.807) is 11.8 Å². The van der Waals surface area contributed by atoms with Crippen LogP contribution in [0.25, 0.3) is 17.1 Å². The maximum Gasteiger partial charge on any atom is 0.196 e. The molecule has 0 unspecified atom stereocenters. The van der Waals surface area contributed by atoms with Gasteiger partial charge in [0.05, 0.1) is 11.8 Å². The molecule has 2 aromatic carbocycles. The van der Waals surface area contributed by atoms with Gasteiger partial charge in [0.25, 0.3) is 0 Å². The molecule has 0 bridgehead atoms. The van der Waals surface area contributed by atoms with Gasteiger partial charge >= 0.3 is 0 Å². The Morgan fingerprint density at radius 2 is 1.81 bits per heavy atom. The molecule has 0 aliphatic heterocycles. The van der Waals surface area contributed by atoms with Crippen molar-refractivity contribution < 1.29 is 0 Å². The highest BCUT2D eigenvalue weighted by Crippen LogP contribution is 2.29. The molecule has 0 fully saturated rings. The third kappa shape index (κ3) is 4.14. The summed E-state index contributed by atoms with van der Waals surface area (Å²) in [6, 6.07) is 18.8. The lowest BCUT2D eigenvalue weighted by atomic mass is 10.1. The Morgan fingerprint density at radius 1 is 1.00 bits per heavy atom. The fourth-order valence-corrected chi connectivity index (χ4v) is 3.66. The van der Waals surface area contributed by atoms with E-state index in [4.69, 9.17) is 5.26 Å². The molecule has 0 atom stereocenters. The van der Waals surface area contributed by atoms with Crippen LogP contribution in [0.2, 0.25) is 0 Å². The van der Waals surface area contributed by atoms with Gasteiger partial charge in [0.1, 0.15) is 0 Å². The van der Waals surface area contributed by atoms with Crippen LogP contribution in [0.5, 0.6) is 0 Å². The number of hydrogen-bond acceptors (Lipinski definition) is 4. The Kier molecular flexibility index (Phi) is 6.08. The molecule has 0 N–H and O–H groups in total. The third-order valence-electron chi connectivity index (χ3n) is 4.33. The van der Waals surface area contributed by atoms with Crippen molar-refractivity contribution in [2.75, 3.05) is 5.75 Å². The Labute approximate surface area is 158 Å². The van der Waals surface area contributed by atoms with Crippen LogP contribution in [0.1, 0.15) is 30.4 Å². The molecule has 0 amide bonds. The highest BCUT2D eigenvalue weighted by atomic mass is 32.2. The molecular weight excluding hydrogens is 340 g/mol. The first-order chi connectivity index (χ1) is 12.7. The number of nitrogens with zero attached hydrogens (tertiary/aromatic N) is 4. The van der Waals surface area contributed by atoms with E-state index in [1.807, 2.05) is 18.2 Å². The van der Waals surface area contributed by atoms with Crippen LogP contribution >= 0.6 is 11.8 Å². The summed E-state index contributed by atoms with van der Waals surface area (Å²) in [5.74, 6) is 1.78. The maximum atomic E-state index is 8.67. The molecule has 0 radical (unpaired) electrons. The zero-order chi connectivity index (χ0) is 18.4. The number of aromatic nitrogens is 3. The summed E-state index contributed by atoms with van der Waals surface area (Å²) < 4.78 is 2.14. The van der Waals surface area contributed by atoms with Crippen molar-refractivity contribution in [1.29, 1.82) is 5.26 Å². The molecular formula is C21H22N4S. The topological polar surface area (TPSA) is 54.5 Å². The average molecular weight is 363 g/mol. The van der Waals surface area contributed by atoms with Gasteiger partial charge in [-0.3, -0.25) is 4.57 Å². The van der Waals surface area contributed by atoms with Crippen LogP contribution in [0.4, 0.5) is 0 Å². The van der Waals surface area contributed by atoms with Crippen LogP contribution in [0.15, 0.2) is 53.7 Å². The minimum Gasteiger partial charge on any atom is -0.270 e. The van der Waals surface area contributed by atoms with Gasteiger partial charge in [-0.1, -0.05) is 48.2 Å². The first-order valence-electron chi connectivity index (χ1n) is 8.79. The van der Waals surface area contributed by atoms with Gasteiger partial charge in [-0.05, 0) is 49.9 Å². The number of thioether (sulfide) groups is 1. The molecule has 3 aromatic rings. The number of aryl methyl sites for hydroxylation is 2. The lowest BCUT2D eigenvalue weighted by molar-refractivity contribution is 0.822. The quantitative estimate of drug-likeness (QED) is 0.421. The molecule has 1 aromatic heterocycles. The summed E-state index contributed by atoms with van der Waals surface area (Å²) in [6.07, 6.45) is 2.53. The van der Waals surface area contributed by atoms with Crippen molar-refractivity contribution in [1.82, 2.24) is 14.8 Å². The first-order valence-corrected chi connectivity index (χ1v) is 9.77. The summed E-state index contributed by atoms with van der Waals surface area (Å²) in [6.45, 7) is 4.24. The number of hydrogen-bond donors (Lipinski definition) is 0. The van der Waals surface area contributed by atoms with E-state index < -0.39 is 0 Å². The fraction of sp³-hybridized carbons (Fsp3) is 0.286. The van der Waals surface area contributed by atoms with Gasteiger partial charge in [0.2, 0.25) is 0 Å². The SMILES string of the molecule is Cc1ccc(-n2c(SCCCCC#N)nnc2-c2ccccc2)cc1C. The number of nitriles is 1. The van der Waals surface area contributed by atoms with Gasteiger partial charge in [0.15, 0.2) is 11.0 Å². The molecule has 1 heterocycles. The van der Waals surface area contributed by atoms with Gasteiger partial charge in [-0.25, -0.2) is 0 Å². The molecule has 0 aliphatic rings. The Morgan fingerprint density at radius 3 is 2.54 bits per heavy atom. The molecule has 0 spiro atoms. The van der Waals surface area contributed by atoms with Crippen molar-refractivity contribution >= 4 is 11.8 Å². The van der Waals surface area contributed by atoms with Crippen molar-refractivity contribution in [3.63, 3.8) is 0 Å². The summed E-state index contributed by atoms with van der Waals surface area (Å²) in [4.78, 5) is 0. The summed E-state index contributed by atoms with van der Waals surface area (Å²) in [5, 5.41) is 18.5. The highest BCUT2D eigenvalue weighted by Gasteiger charge is 2.16. The molecule has 0 saturated carbocycles. The van der Waals surface area contributed by atoms with E-state index in [1.165, 1.54) is 11.1 Å². The standard InChI is InChI=1S/C21H22N4S/c1-16-11-12-19(15-17(16)2)25-20(18-9-5-3-6-10-18)23-24-21(25)26-14-8-4-7-13-22/h3,5-6,9-12,15H,4,7-8,14H2,1-2H3. The Hall–Kier alpha value is -2.58. The largest absolute Gasteiger partial charge is 0.270 e. The van der Waals surface area contributed by atoms with Crippen LogP contribution < -0.4 is 0 Å². The van der Waals surface area contributed by atoms with Crippen LogP contribution in [0.3, 0.4) is 0 Å². The molecule has 0 aliphatic carbocycles. The maximum absolute atomic E-state index is 8.67. The smallest absolute Gasteiger partial charge is 0.196 e. The molecule has 5 heteroatoms. The molecule has 3 rings (SSSR count). The summed E-state index contributed by atoms with van der Waals surface area (Å²) >= 11 is 1.70. The minimum atomic E-state index is 0.611. The average Bonchev–Trinajstić information content (AvgIpc) is 3.08. The zero-order valence-corrected chi connectivity index (χ0v) is 16.0. The minimum absolute atomic E-state index is 0.611. The van der Waals surface area contributed by atoms with Gasteiger partial charge in [0, 0.05) is 17.7 Å². The predicted octanol–water partition coefficient (Wildman–Crippen LogP) is 5.34. The Balaban J connectivity index is 1.96. The van der Waals surface area contributed by atoms with Gasteiger partial charge in [-0.15, -0.1) is 10.2 Å². The number of benzene rings is 2.